The lowest BCUT2D eigenvalue weighted by Gasteiger charge is -2.29. The number of dihydropyridines is 1. The molecule has 5 rings (SSSR count). The van der Waals surface area contributed by atoms with Gasteiger partial charge >= 0.3 is 16.6 Å². The molecule has 29 heavy (non-hydrogen) atoms. The van der Waals surface area contributed by atoms with Crippen molar-refractivity contribution in [1.29, 1.82) is 0 Å². The maximum atomic E-state index is 5.95. The van der Waals surface area contributed by atoms with E-state index in [1.165, 1.54) is 5.39 Å². The van der Waals surface area contributed by atoms with E-state index in [2.05, 4.69) is 69.4 Å². The monoisotopic (exact) mass is 400 g/mol. The van der Waals surface area contributed by atoms with Crippen LogP contribution in [0.15, 0.2) is 71.5 Å². The number of fused-ring (bicyclic) bond motifs is 1. The predicted octanol–water partition coefficient (Wildman–Crippen LogP) is 3.59. The van der Waals surface area contributed by atoms with E-state index in [0.29, 0.717) is 6.73 Å². The van der Waals surface area contributed by atoms with E-state index in [9.17, 15) is 0 Å². The topological polar surface area (TPSA) is 37.9 Å². The number of nitrogens with zero attached hydrogens (tertiary/aromatic N) is 3. The van der Waals surface area contributed by atoms with Gasteiger partial charge in [0.25, 0.3) is 5.82 Å². The molecule has 2 radical (unpaired) electrons. The van der Waals surface area contributed by atoms with Crippen LogP contribution in [-0.2, 0) is 10.5 Å². The molecule has 6 heteroatoms. The number of hydrogen-bond acceptors (Lipinski definition) is 4. The smallest absolute Gasteiger partial charge is 0.481 e. The number of amidine groups is 1. The van der Waals surface area contributed by atoms with Gasteiger partial charge in [0.05, 0.1) is 12.3 Å². The third-order valence-corrected chi connectivity index (χ3v) is 6.02. The summed E-state index contributed by atoms with van der Waals surface area (Å²) in [6.45, 7) is 3.65. The summed E-state index contributed by atoms with van der Waals surface area (Å²) in [5.74, 6) is 4.14. The van der Waals surface area contributed by atoms with Crippen LogP contribution in [0.4, 0.5) is 5.82 Å². The van der Waals surface area contributed by atoms with Gasteiger partial charge in [0.1, 0.15) is 6.04 Å². The normalized spacial score (nSPS) is 21.4. The van der Waals surface area contributed by atoms with E-state index in [1.54, 1.807) is 0 Å². The van der Waals surface area contributed by atoms with Crippen molar-refractivity contribution in [3.63, 3.8) is 0 Å². The Labute approximate surface area is 179 Å². The Kier molecular flexibility index (Phi) is 4.91. The molecular formula is C23H23AlN3O2+. The van der Waals surface area contributed by atoms with Gasteiger partial charge in [0, 0.05) is 23.4 Å². The van der Waals surface area contributed by atoms with Crippen molar-refractivity contribution >= 4 is 39.2 Å². The zero-order valence-electron chi connectivity index (χ0n) is 16.5. The van der Waals surface area contributed by atoms with E-state index in [0.717, 1.165) is 48.1 Å². The minimum Gasteiger partial charge on any atom is -0.655 e. The van der Waals surface area contributed by atoms with Crippen LogP contribution in [-0.4, -0.2) is 35.0 Å². The SMILES string of the molecule is CCCCN(C1=NC2C([O][Al])=CC=CC2C=C1)c1ccc2cccc3c2[n+]1CO3. The highest BCUT2D eigenvalue weighted by Gasteiger charge is 2.34. The molecule has 3 aliphatic rings. The third kappa shape index (κ3) is 3.17. The van der Waals surface area contributed by atoms with Crippen molar-refractivity contribution in [3.8, 4) is 5.75 Å². The van der Waals surface area contributed by atoms with Gasteiger partial charge in [-0.05, 0) is 24.6 Å². The van der Waals surface area contributed by atoms with Gasteiger partial charge in [-0.1, -0.05) is 43.7 Å². The van der Waals surface area contributed by atoms with Crippen LogP contribution in [0.25, 0.3) is 10.9 Å². The highest BCUT2D eigenvalue weighted by atomic mass is 27.1. The van der Waals surface area contributed by atoms with Gasteiger partial charge in [0.2, 0.25) is 12.6 Å². The Morgan fingerprint density at radius 2 is 2.21 bits per heavy atom. The van der Waals surface area contributed by atoms with E-state index in [1.807, 2.05) is 24.3 Å². The van der Waals surface area contributed by atoms with Crippen molar-refractivity contribution in [1.82, 2.24) is 0 Å². The van der Waals surface area contributed by atoms with Gasteiger partial charge in [-0.15, -0.1) is 0 Å². The van der Waals surface area contributed by atoms with Gasteiger partial charge in [-0.2, -0.15) is 4.57 Å². The average Bonchev–Trinajstić information content (AvgIpc) is 3.20. The number of hydrogen-bond donors (Lipinski definition) is 0. The van der Waals surface area contributed by atoms with Gasteiger partial charge in [-0.25, -0.2) is 9.89 Å². The largest absolute Gasteiger partial charge is 0.655 e. The number of allylic oxidation sites excluding steroid dienone is 2. The maximum absolute atomic E-state index is 5.95. The molecule has 5 nitrogen and oxygen atoms in total. The van der Waals surface area contributed by atoms with Crippen LogP contribution in [0.3, 0.4) is 0 Å². The number of para-hydroxylation sites is 1. The number of unbranched alkanes of at least 4 members (excludes halogenated alkanes) is 1. The summed E-state index contributed by atoms with van der Waals surface area (Å²) in [7, 11) is 0. The van der Waals surface area contributed by atoms with Gasteiger partial charge in [-0.3, -0.25) is 0 Å². The second kappa shape index (κ2) is 7.70. The molecule has 1 aromatic carbocycles. The first-order chi connectivity index (χ1) is 14.3. The first-order valence-electron chi connectivity index (χ1n) is 10.2. The lowest BCUT2D eigenvalue weighted by atomic mass is 9.91. The predicted molar refractivity (Wildman–Crippen MR) is 115 cm³/mol. The Morgan fingerprint density at radius 1 is 1.28 bits per heavy atom. The van der Waals surface area contributed by atoms with E-state index < -0.39 is 0 Å². The van der Waals surface area contributed by atoms with Crippen LogP contribution in [0.1, 0.15) is 19.8 Å². The number of aliphatic imine (C=N–C) groups is 1. The fourth-order valence-corrected chi connectivity index (χ4v) is 4.47. The molecule has 3 heterocycles. The van der Waals surface area contributed by atoms with Crippen molar-refractivity contribution in [2.45, 2.75) is 32.5 Å². The molecule has 1 aliphatic carbocycles. The molecule has 1 aromatic heterocycles. The van der Waals surface area contributed by atoms with Gasteiger partial charge < -0.3 is 8.53 Å². The summed E-state index contributed by atoms with van der Waals surface area (Å²) in [4.78, 5) is 7.42. The van der Waals surface area contributed by atoms with Crippen LogP contribution < -0.4 is 14.2 Å². The number of pyridine rings is 1. The highest BCUT2D eigenvalue weighted by molar-refractivity contribution is 6.06. The molecule has 0 fully saturated rings. The molecular weight excluding hydrogens is 377 g/mol. The molecule has 2 atom stereocenters. The lowest BCUT2D eigenvalue weighted by molar-refractivity contribution is -0.676. The lowest BCUT2D eigenvalue weighted by Crippen LogP contribution is -2.45. The number of ether oxygens (including phenoxy) is 1. The fourth-order valence-electron chi connectivity index (χ4n) is 4.25. The van der Waals surface area contributed by atoms with Crippen LogP contribution >= 0.6 is 0 Å². The Hall–Kier alpha value is -2.55. The first-order valence-corrected chi connectivity index (χ1v) is 10.6. The Morgan fingerprint density at radius 3 is 3.07 bits per heavy atom. The molecule has 0 saturated heterocycles. The minimum atomic E-state index is -0.0209. The van der Waals surface area contributed by atoms with Crippen LogP contribution in [0.5, 0.6) is 5.75 Å². The standard InChI is InChI=1S/C23H23N3O2.Al/c1-2-3-14-25(20-12-10-16-6-4-8-18(27)22(16)24-20)21-13-11-17-7-5-9-19-23(17)26(21)15-28-19;/h4-13,16,22H,2-3,14-15H2,1H3;/q;+1. The zero-order valence-corrected chi connectivity index (χ0v) is 17.6. The quantitative estimate of drug-likeness (QED) is 0.569. The highest BCUT2D eigenvalue weighted by Crippen LogP contribution is 2.31. The second-order valence-corrected chi connectivity index (χ2v) is 7.77. The molecule has 0 amide bonds. The number of aromatic nitrogens is 1. The second-order valence-electron chi connectivity index (χ2n) is 7.53. The zero-order chi connectivity index (χ0) is 19.8. The maximum Gasteiger partial charge on any atom is 0.481 e. The molecule has 2 unspecified atom stereocenters. The molecule has 144 valence electrons. The first kappa shape index (κ1) is 18.5. The summed E-state index contributed by atoms with van der Waals surface area (Å²) in [6.07, 6.45) is 12.8. The Bertz CT molecular complexity index is 1070. The van der Waals surface area contributed by atoms with Crippen molar-refractivity contribution in [2.24, 2.45) is 10.9 Å². The molecule has 2 aliphatic heterocycles. The summed E-state index contributed by atoms with van der Waals surface area (Å²) in [6, 6.07) is 10.6. The third-order valence-electron chi connectivity index (χ3n) is 5.75. The Balaban J connectivity index is 1.59. The summed E-state index contributed by atoms with van der Waals surface area (Å²) in [5.41, 5.74) is 1.15. The number of anilines is 1. The van der Waals surface area contributed by atoms with E-state index in [4.69, 9.17) is 13.5 Å². The summed E-state index contributed by atoms with van der Waals surface area (Å²) < 4.78 is 13.7. The van der Waals surface area contributed by atoms with Crippen LogP contribution in [0, 0.1) is 5.92 Å². The molecule has 0 bridgehead atoms. The van der Waals surface area contributed by atoms with Crippen molar-refractivity contribution in [3.05, 3.63) is 66.5 Å². The molecule has 0 spiro atoms. The summed E-state index contributed by atoms with van der Waals surface area (Å²) in [5, 5.41) is 1.19. The van der Waals surface area contributed by atoms with E-state index >= 15 is 0 Å². The number of benzene rings is 1. The van der Waals surface area contributed by atoms with Gasteiger partial charge in [0.15, 0.2) is 11.3 Å². The van der Waals surface area contributed by atoms with Crippen molar-refractivity contribution in [2.75, 3.05) is 11.4 Å². The number of rotatable bonds is 5. The average molecular weight is 400 g/mol. The van der Waals surface area contributed by atoms with Crippen molar-refractivity contribution < 1.29 is 13.1 Å². The summed E-state index contributed by atoms with van der Waals surface area (Å²) >= 11 is 2.36. The van der Waals surface area contributed by atoms with E-state index in [-0.39, 0.29) is 12.0 Å². The molecule has 2 aromatic rings. The minimum absolute atomic E-state index is 0.0209. The molecule has 0 saturated carbocycles. The molecule has 0 N–H and O–H groups in total. The fraction of sp³-hybridized carbons (Fsp3) is 0.304. The van der Waals surface area contributed by atoms with Crippen LogP contribution in [0.2, 0.25) is 0 Å².